The van der Waals surface area contributed by atoms with Gasteiger partial charge in [0.05, 0.1) is 10.6 Å². The SMILES string of the molecule is Cc1cc(C(=O)NCCCN(C)C)ccc1N(C)S(=O)(=O)c1ccccc1. The summed E-state index contributed by atoms with van der Waals surface area (Å²) in [6.07, 6.45) is 0.869. The molecule has 0 unspecified atom stereocenters. The predicted octanol–water partition coefficient (Wildman–Crippen LogP) is 2.50. The second-order valence-corrected chi connectivity index (χ2v) is 8.67. The molecule has 0 radical (unpaired) electrons. The third kappa shape index (κ3) is 5.30. The first kappa shape index (κ1) is 20.9. The van der Waals surface area contributed by atoms with Crippen molar-refractivity contribution < 1.29 is 13.2 Å². The molecule has 0 aliphatic rings. The van der Waals surface area contributed by atoms with Crippen LogP contribution in [-0.4, -0.2) is 53.5 Å². The number of aryl methyl sites for hydroxylation is 1. The van der Waals surface area contributed by atoms with Gasteiger partial charge >= 0.3 is 0 Å². The first-order valence-corrected chi connectivity index (χ1v) is 10.2. The molecular weight excluding hydrogens is 362 g/mol. The van der Waals surface area contributed by atoms with Gasteiger partial charge in [0.1, 0.15) is 0 Å². The van der Waals surface area contributed by atoms with Crippen LogP contribution in [0.25, 0.3) is 0 Å². The van der Waals surface area contributed by atoms with Crippen LogP contribution in [-0.2, 0) is 10.0 Å². The molecule has 0 spiro atoms. The number of anilines is 1. The number of amides is 1. The Bertz CT molecular complexity index is 881. The zero-order valence-corrected chi connectivity index (χ0v) is 17.1. The van der Waals surface area contributed by atoms with Crippen LogP contribution in [0.2, 0.25) is 0 Å². The van der Waals surface area contributed by atoms with Crippen molar-refractivity contribution in [2.24, 2.45) is 0 Å². The first-order chi connectivity index (χ1) is 12.7. The van der Waals surface area contributed by atoms with Crippen LogP contribution in [0.1, 0.15) is 22.3 Å². The highest BCUT2D eigenvalue weighted by molar-refractivity contribution is 7.92. The third-order valence-corrected chi connectivity index (χ3v) is 6.05. The second kappa shape index (κ2) is 9.01. The Labute approximate surface area is 161 Å². The maximum absolute atomic E-state index is 12.8. The van der Waals surface area contributed by atoms with E-state index in [0.29, 0.717) is 17.8 Å². The molecule has 2 aromatic rings. The summed E-state index contributed by atoms with van der Waals surface area (Å²) >= 11 is 0. The third-order valence-electron chi connectivity index (χ3n) is 4.27. The molecule has 0 aromatic heterocycles. The van der Waals surface area contributed by atoms with Gasteiger partial charge in [-0.2, -0.15) is 0 Å². The number of benzene rings is 2. The van der Waals surface area contributed by atoms with Gasteiger partial charge in [-0.25, -0.2) is 8.42 Å². The number of hydrogen-bond donors (Lipinski definition) is 1. The molecular formula is C20H27N3O3S. The molecule has 1 N–H and O–H groups in total. The van der Waals surface area contributed by atoms with Gasteiger partial charge in [-0.3, -0.25) is 9.10 Å². The van der Waals surface area contributed by atoms with Crippen LogP contribution < -0.4 is 9.62 Å². The van der Waals surface area contributed by atoms with Crippen LogP contribution >= 0.6 is 0 Å². The summed E-state index contributed by atoms with van der Waals surface area (Å²) in [4.78, 5) is 14.6. The van der Waals surface area contributed by atoms with Crippen molar-refractivity contribution in [3.63, 3.8) is 0 Å². The van der Waals surface area contributed by atoms with E-state index in [9.17, 15) is 13.2 Å². The Balaban J connectivity index is 2.13. The largest absolute Gasteiger partial charge is 0.352 e. The Morgan fingerprint density at radius 2 is 1.70 bits per heavy atom. The van der Waals surface area contributed by atoms with Gasteiger partial charge in [-0.15, -0.1) is 0 Å². The number of carbonyl (C=O) groups excluding carboxylic acids is 1. The highest BCUT2D eigenvalue weighted by atomic mass is 32.2. The Kier molecular flexibility index (Phi) is 6.98. The Morgan fingerprint density at radius 1 is 1.04 bits per heavy atom. The van der Waals surface area contributed by atoms with E-state index in [4.69, 9.17) is 0 Å². The lowest BCUT2D eigenvalue weighted by atomic mass is 10.1. The van der Waals surface area contributed by atoms with Gasteiger partial charge in [0, 0.05) is 19.2 Å². The summed E-state index contributed by atoms with van der Waals surface area (Å²) in [7, 11) is 1.85. The van der Waals surface area contributed by atoms with Crippen molar-refractivity contribution in [2.75, 3.05) is 38.5 Å². The van der Waals surface area contributed by atoms with E-state index in [-0.39, 0.29) is 10.8 Å². The molecule has 2 rings (SSSR count). The fraction of sp³-hybridized carbons (Fsp3) is 0.350. The molecule has 0 bridgehead atoms. The van der Waals surface area contributed by atoms with E-state index < -0.39 is 10.0 Å². The van der Waals surface area contributed by atoms with Crippen LogP contribution in [0.3, 0.4) is 0 Å². The number of hydrogen-bond acceptors (Lipinski definition) is 4. The number of carbonyl (C=O) groups is 1. The van der Waals surface area contributed by atoms with Crippen molar-refractivity contribution in [3.05, 3.63) is 59.7 Å². The van der Waals surface area contributed by atoms with Gasteiger partial charge in [-0.1, -0.05) is 18.2 Å². The van der Waals surface area contributed by atoms with Crippen molar-refractivity contribution in [1.82, 2.24) is 10.2 Å². The molecule has 0 heterocycles. The smallest absolute Gasteiger partial charge is 0.264 e. The summed E-state index contributed by atoms with van der Waals surface area (Å²) < 4.78 is 26.8. The van der Waals surface area contributed by atoms with Gasteiger partial charge in [0.25, 0.3) is 15.9 Å². The average Bonchev–Trinajstić information content (AvgIpc) is 2.65. The van der Waals surface area contributed by atoms with E-state index >= 15 is 0 Å². The van der Waals surface area contributed by atoms with Crippen molar-refractivity contribution >= 4 is 21.6 Å². The van der Waals surface area contributed by atoms with Crippen LogP contribution in [0.4, 0.5) is 5.69 Å². The molecule has 0 aliphatic carbocycles. The van der Waals surface area contributed by atoms with E-state index in [1.54, 1.807) is 55.5 Å². The van der Waals surface area contributed by atoms with Crippen LogP contribution in [0.15, 0.2) is 53.4 Å². The molecule has 0 saturated heterocycles. The minimum absolute atomic E-state index is 0.156. The van der Waals surface area contributed by atoms with E-state index in [2.05, 4.69) is 10.2 Å². The number of nitrogens with zero attached hydrogens (tertiary/aromatic N) is 2. The summed E-state index contributed by atoms with van der Waals surface area (Å²) in [5.41, 5.74) is 1.78. The summed E-state index contributed by atoms with van der Waals surface area (Å²) in [5, 5.41) is 2.89. The molecule has 6 nitrogen and oxygen atoms in total. The molecule has 0 fully saturated rings. The molecule has 0 saturated carbocycles. The highest BCUT2D eigenvalue weighted by Crippen LogP contribution is 2.26. The lowest BCUT2D eigenvalue weighted by Gasteiger charge is -2.22. The fourth-order valence-electron chi connectivity index (χ4n) is 2.73. The van der Waals surface area contributed by atoms with E-state index in [0.717, 1.165) is 18.5 Å². The van der Waals surface area contributed by atoms with Gasteiger partial charge < -0.3 is 10.2 Å². The predicted molar refractivity (Wildman–Crippen MR) is 109 cm³/mol. The topological polar surface area (TPSA) is 69.7 Å². The fourth-order valence-corrected chi connectivity index (χ4v) is 4.01. The van der Waals surface area contributed by atoms with Crippen LogP contribution in [0.5, 0.6) is 0 Å². The molecule has 2 aromatic carbocycles. The minimum atomic E-state index is -3.65. The molecule has 1 amide bonds. The summed E-state index contributed by atoms with van der Waals surface area (Å²) in [6, 6.07) is 13.3. The molecule has 0 atom stereocenters. The van der Waals surface area contributed by atoms with Gasteiger partial charge in [0.2, 0.25) is 0 Å². The molecule has 0 aliphatic heterocycles. The number of rotatable bonds is 8. The number of sulfonamides is 1. The van der Waals surface area contributed by atoms with Crippen molar-refractivity contribution in [2.45, 2.75) is 18.2 Å². The lowest BCUT2D eigenvalue weighted by Crippen LogP contribution is -2.28. The van der Waals surface area contributed by atoms with Crippen molar-refractivity contribution in [1.29, 1.82) is 0 Å². The van der Waals surface area contributed by atoms with Crippen LogP contribution in [0, 0.1) is 6.92 Å². The zero-order valence-electron chi connectivity index (χ0n) is 16.3. The number of nitrogens with one attached hydrogen (secondary N) is 1. The first-order valence-electron chi connectivity index (χ1n) is 8.81. The normalized spacial score (nSPS) is 11.4. The highest BCUT2D eigenvalue weighted by Gasteiger charge is 2.22. The monoisotopic (exact) mass is 389 g/mol. The molecule has 27 heavy (non-hydrogen) atoms. The standard InChI is InChI=1S/C20H27N3O3S/c1-16-15-17(20(24)21-13-8-14-22(2)3)11-12-19(16)23(4)27(25,26)18-9-6-5-7-10-18/h5-7,9-12,15H,8,13-14H2,1-4H3,(H,21,24). The molecule has 146 valence electrons. The maximum Gasteiger partial charge on any atom is 0.264 e. The van der Waals surface area contributed by atoms with Crippen molar-refractivity contribution in [3.8, 4) is 0 Å². The van der Waals surface area contributed by atoms with E-state index in [1.165, 1.54) is 11.4 Å². The Hall–Kier alpha value is -2.38. The van der Waals surface area contributed by atoms with Gasteiger partial charge in [0.15, 0.2) is 0 Å². The second-order valence-electron chi connectivity index (χ2n) is 6.70. The average molecular weight is 390 g/mol. The zero-order chi connectivity index (χ0) is 20.0. The van der Waals surface area contributed by atoms with E-state index in [1.807, 2.05) is 14.1 Å². The summed E-state index contributed by atoms with van der Waals surface area (Å²) in [6.45, 7) is 3.30. The summed E-state index contributed by atoms with van der Waals surface area (Å²) in [5.74, 6) is -0.156. The quantitative estimate of drug-likeness (QED) is 0.705. The minimum Gasteiger partial charge on any atom is -0.352 e. The maximum atomic E-state index is 12.8. The lowest BCUT2D eigenvalue weighted by molar-refractivity contribution is 0.0952. The molecule has 7 heteroatoms. The van der Waals surface area contributed by atoms with Gasteiger partial charge in [-0.05, 0) is 69.9 Å². The Morgan fingerprint density at radius 3 is 2.30 bits per heavy atom.